The summed E-state index contributed by atoms with van der Waals surface area (Å²) in [6.45, 7) is 9.17. The Morgan fingerprint density at radius 1 is 1.23 bits per heavy atom. The lowest BCUT2D eigenvalue weighted by molar-refractivity contribution is -0.142. The van der Waals surface area contributed by atoms with Crippen molar-refractivity contribution in [2.45, 2.75) is 103 Å². The van der Waals surface area contributed by atoms with Crippen molar-refractivity contribution in [3.8, 4) is 5.75 Å². The SMILES string of the molecule is CCCCCC(C)(C)c1cc(CCC(=O)OCCSC2CC3CCC2C3)c(C)cc1O. The van der Waals surface area contributed by atoms with Crippen molar-refractivity contribution in [3.05, 3.63) is 28.8 Å². The highest BCUT2D eigenvalue weighted by atomic mass is 32.2. The Morgan fingerprint density at radius 2 is 2.03 bits per heavy atom. The van der Waals surface area contributed by atoms with E-state index in [1.807, 2.05) is 24.8 Å². The molecule has 0 aromatic heterocycles. The van der Waals surface area contributed by atoms with Crippen LogP contribution in [0, 0.1) is 18.8 Å². The first-order valence-electron chi connectivity index (χ1n) is 12.4. The van der Waals surface area contributed by atoms with Gasteiger partial charge in [-0.15, -0.1) is 0 Å². The predicted octanol–water partition coefficient (Wildman–Crippen LogP) is 6.96. The molecule has 2 aliphatic carbocycles. The van der Waals surface area contributed by atoms with Gasteiger partial charge in [0.1, 0.15) is 12.4 Å². The number of aromatic hydroxyl groups is 1. The lowest BCUT2D eigenvalue weighted by Gasteiger charge is -2.27. The molecule has 0 aliphatic heterocycles. The zero-order valence-corrected chi connectivity index (χ0v) is 20.9. The molecule has 3 rings (SSSR count). The number of carbonyl (C=O) groups excluding carboxylic acids is 1. The Hall–Kier alpha value is -1.16. The summed E-state index contributed by atoms with van der Waals surface area (Å²) >= 11 is 2.02. The maximum atomic E-state index is 12.3. The Bertz CT molecular complexity index is 742. The fourth-order valence-corrected chi connectivity index (χ4v) is 6.96. The maximum Gasteiger partial charge on any atom is 0.306 e. The van der Waals surface area contributed by atoms with Crippen LogP contribution in [-0.4, -0.2) is 28.7 Å². The summed E-state index contributed by atoms with van der Waals surface area (Å²) in [6.07, 6.45) is 11.4. The third-order valence-corrected chi connectivity index (χ3v) is 8.95. The molecule has 174 valence electrons. The summed E-state index contributed by atoms with van der Waals surface area (Å²) in [6, 6.07) is 3.98. The molecule has 3 nitrogen and oxygen atoms in total. The summed E-state index contributed by atoms with van der Waals surface area (Å²) in [5.74, 6) is 3.09. The van der Waals surface area contributed by atoms with Gasteiger partial charge in [-0.2, -0.15) is 11.8 Å². The zero-order valence-electron chi connectivity index (χ0n) is 20.0. The van der Waals surface area contributed by atoms with E-state index in [1.165, 1.54) is 44.9 Å². The number of esters is 1. The quantitative estimate of drug-likeness (QED) is 0.278. The van der Waals surface area contributed by atoms with Crippen molar-refractivity contribution >= 4 is 17.7 Å². The number of thioether (sulfide) groups is 1. The highest BCUT2D eigenvalue weighted by Gasteiger charge is 2.39. The average Bonchev–Trinajstić information content (AvgIpc) is 3.34. The minimum atomic E-state index is -0.107. The molecule has 2 saturated carbocycles. The first kappa shape index (κ1) is 24.5. The number of benzene rings is 1. The van der Waals surface area contributed by atoms with Crippen molar-refractivity contribution in [1.82, 2.24) is 0 Å². The van der Waals surface area contributed by atoms with E-state index in [2.05, 4.69) is 26.8 Å². The van der Waals surface area contributed by atoms with E-state index in [9.17, 15) is 9.90 Å². The molecular formula is C27H42O3S. The minimum Gasteiger partial charge on any atom is -0.508 e. The van der Waals surface area contributed by atoms with E-state index in [4.69, 9.17) is 4.74 Å². The fraction of sp³-hybridized carbons (Fsp3) is 0.741. The number of fused-ring (bicyclic) bond motifs is 2. The van der Waals surface area contributed by atoms with E-state index < -0.39 is 0 Å². The number of unbranched alkanes of at least 4 members (excludes halogenated alkanes) is 2. The molecule has 2 aliphatic rings. The maximum absolute atomic E-state index is 12.3. The van der Waals surface area contributed by atoms with Gasteiger partial charge < -0.3 is 9.84 Å². The average molecular weight is 447 g/mol. The van der Waals surface area contributed by atoms with Crippen molar-refractivity contribution in [3.63, 3.8) is 0 Å². The van der Waals surface area contributed by atoms with Crippen molar-refractivity contribution in [1.29, 1.82) is 0 Å². The molecule has 0 heterocycles. The number of carbonyl (C=O) groups is 1. The van der Waals surface area contributed by atoms with Crippen LogP contribution >= 0.6 is 11.8 Å². The van der Waals surface area contributed by atoms with Gasteiger partial charge in [0.2, 0.25) is 0 Å². The Balaban J connectivity index is 1.44. The normalized spacial score (nSPS) is 22.8. The topological polar surface area (TPSA) is 46.5 Å². The summed E-state index contributed by atoms with van der Waals surface area (Å²) in [5.41, 5.74) is 3.12. The Kier molecular flexibility index (Phi) is 8.78. The number of phenolic OH excluding ortho intramolecular Hbond substituents is 1. The van der Waals surface area contributed by atoms with Crippen molar-refractivity contribution < 1.29 is 14.6 Å². The number of hydrogen-bond acceptors (Lipinski definition) is 4. The van der Waals surface area contributed by atoms with Crippen LogP contribution in [0.1, 0.15) is 95.2 Å². The molecule has 1 N–H and O–H groups in total. The smallest absolute Gasteiger partial charge is 0.306 e. The van der Waals surface area contributed by atoms with Gasteiger partial charge in [-0.25, -0.2) is 0 Å². The number of ether oxygens (including phenoxy) is 1. The number of phenols is 1. The lowest BCUT2D eigenvalue weighted by Crippen LogP contribution is -2.18. The molecule has 1 aromatic rings. The number of aryl methyl sites for hydroxylation is 2. The number of hydrogen-bond donors (Lipinski definition) is 1. The second-order valence-corrected chi connectivity index (χ2v) is 11.8. The van der Waals surface area contributed by atoms with Gasteiger partial charge in [-0.1, -0.05) is 52.5 Å². The van der Waals surface area contributed by atoms with Crippen LogP contribution in [0.2, 0.25) is 0 Å². The van der Waals surface area contributed by atoms with Crippen molar-refractivity contribution in [2.75, 3.05) is 12.4 Å². The van der Waals surface area contributed by atoms with Gasteiger partial charge in [0, 0.05) is 17.4 Å². The standard InChI is InChI=1S/C27H42O3S/c1-5-6-7-12-27(3,4)23-18-21(19(2)15-24(23)28)10-11-26(29)30-13-14-31-25-17-20-8-9-22(25)16-20/h15,18,20,22,25,28H,5-14,16-17H2,1-4H3. The molecule has 4 heteroatoms. The largest absolute Gasteiger partial charge is 0.508 e. The van der Waals surface area contributed by atoms with Gasteiger partial charge in [-0.3, -0.25) is 4.79 Å². The first-order valence-corrected chi connectivity index (χ1v) is 13.4. The van der Waals surface area contributed by atoms with Gasteiger partial charge in [0.15, 0.2) is 0 Å². The van der Waals surface area contributed by atoms with E-state index in [1.54, 1.807) is 0 Å². The van der Waals surface area contributed by atoms with Gasteiger partial charge in [0.05, 0.1) is 0 Å². The van der Waals surface area contributed by atoms with E-state index >= 15 is 0 Å². The number of rotatable bonds is 12. The van der Waals surface area contributed by atoms with E-state index in [0.717, 1.165) is 45.9 Å². The Labute approximate surface area is 193 Å². The molecule has 0 saturated heterocycles. The monoisotopic (exact) mass is 446 g/mol. The van der Waals surface area contributed by atoms with Crippen LogP contribution in [0.5, 0.6) is 5.75 Å². The molecule has 0 radical (unpaired) electrons. The molecule has 0 amide bonds. The third-order valence-electron chi connectivity index (χ3n) is 7.54. The lowest BCUT2D eigenvalue weighted by atomic mass is 9.78. The molecule has 2 fully saturated rings. The molecule has 0 spiro atoms. The van der Waals surface area contributed by atoms with E-state index in [0.29, 0.717) is 25.2 Å². The minimum absolute atomic E-state index is 0.0703. The summed E-state index contributed by atoms with van der Waals surface area (Å²) in [5, 5.41) is 11.4. The highest BCUT2D eigenvalue weighted by molar-refractivity contribution is 7.99. The fourth-order valence-electron chi connectivity index (χ4n) is 5.55. The second kappa shape index (κ2) is 11.1. The molecule has 1 aromatic carbocycles. The Morgan fingerprint density at radius 3 is 2.71 bits per heavy atom. The zero-order chi connectivity index (χ0) is 22.4. The highest BCUT2D eigenvalue weighted by Crippen LogP contribution is 2.49. The van der Waals surface area contributed by atoms with Crippen LogP contribution in [0.15, 0.2) is 12.1 Å². The van der Waals surface area contributed by atoms with Crippen LogP contribution < -0.4 is 0 Å². The summed E-state index contributed by atoms with van der Waals surface area (Å²) in [4.78, 5) is 12.3. The van der Waals surface area contributed by atoms with Crippen molar-refractivity contribution in [2.24, 2.45) is 11.8 Å². The third kappa shape index (κ3) is 6.66. The van der Waals surface area contributed by atoms with Gasteiger partial charge >= 0.3 is 5.97 Å². The molecule has 31 heavy (non-hydrogen) atoms. The van der Waals surface area contributed by atoms with Crippen LogP contribution in [-0.2, 0) is 21.4 Å². The molecular weight excluding hydrogens is 404 g/mol. The predicted molar refractivity (Wildman–Crippen MR) is 131 cm³/mol. The molecule has 2 bridgehead atoms. The van der Waals surface area contributed by atoms with Crippen LogP contribution in [0.25, 0.3) is 0 Å². The molecule has 3 atom stereocenters. The van der Waals surface area contributed by atoms with Crippen LogP contribution in [0.4, 0.5) is 0 Å². The first-order chi connectivity index (χ1) is 14.8. The molecule has 3 unspecified atom stereocenters. The summed E-state index contributed by atoms with van der Waals surface area (Å²) in [7, 11) is 0. The van der Waals surface area contributed by atoms with E-state index in [-0.39, 0.29) is 11.4 Å². The van der Waals surface area contributed by atoms with Gasteiger partial charge in [-0.05, 0) is 79.0 Å². The van der Waals surface area contributed by atoms with Crippen LogP contribution in [0.3, 0.4) is 0 Å². The second-order valence-electron chi connectivity index (χ2n) is 10.4. The summed E-state index contributed by atoms with van der Waals surface area (Å²) < 4.78 is 5.52. The van der Waals surface area contributed by atoms with Gasteiger partial charge in [0.25, 0.3) is 0 Å².